The second-order valence-corrected chi connectivity index (χ2v) is 30.9. The minimum Gasteiger partial charge on any atom is -0.311 e. The van der Waals surface area contributed by atoms with Gasteiger partial charge in [-0.05, 0) is 230 Å². The van der Waals surface area contributed by atoms with E-state index in [1.807, 2.05) is 0 Å². The van der Waals surface area contributed by atoms with Crippen molar-refractivity contribution < 1.29 is 0 Å². The monoisotopic (exact) mass is 1450 g/mol. The second kappa shape index (κ2) is 26.0. The van der Waals surface area contributed by atoms with Gasteiger partial charge in [-0.3, -0.25) is 0 Å². The molecule has 0 atom stereocenters. The molecule has 3 nitrogen and oxygen atoms in total. The van der Waals surface area contributed by atoms with E-state index in [1.54, 1.807) is 0 Å². The maximum atomic E-state index is 2.70. The molecule has 0 saturated heterocycles. The Morgan fingerprint density at radius 1 is 0.193 bits per heavy atom. The first-order valence-corrected chi connectivity index (χ1v) is 39.7. The molecule has 0 saturated carbocycles. The Morgan fingerprint density at radius 2 is 0.526 bits per heavy atom. The lowest BCUT2D eigenvalue weighted by Gasteiger charge is -2.46. The summed E-state index contributed by atoms with van der Waals surface area (Å²) >= 11 is 0. The lowest BCUT2D eigenvalue weighted by atomic mass is 9.33. The molecule has 4 heteroatoms. The van der Waals surface area contributed by atoms with Crippen LogP contribution in [0.1, 0.15) is 44.5 Å². The molecule has 1 aromatic heterocycles. The summed E-state index contributed by atoms with van der Waals surface area (Å²) in [5.74, 6) is 0. The molecule has 530 valence electrons. The molecule has 0 bridgehead atoms. The van der Waals surface area contributed by atoms with Crippen molar-refractivity contribution in [2.24, 2.45) is 0 Å². The molecular weight excluding hydrogens is 1370 g/mol. The maximum absolute atomic E-state index is 2.70. The van der Waals surface area contributed by atoms with Gasteiger partial charge in [0.25, 0.3) is 6.71 Å². The Morgan fingerprint density at radius 3 is 0.930 bits per heavy atom. The Hall–Kier alpha value is -14.6. The van der Waals surface area contributed by atoms with Gasteiger partial charge in [0.15, 0.2) is 0 Å². The van der Waals surface area contributed by atoms with E-state index < -0.39 is 10.8 Å². The van der Waals surface area contributed by atoms with Crippen molar-refractivity contribution >= 4 is 79.0 Å². The van der Waals surface area contributed by atoms with Gasteiger partial charge in [0.1, 0.15) is 0 Å². The largest absolute Gasteiger partial charge is 0.311 e. The normalized spacial score (nSPS) is 13.5. The molecule has 19 aromatic rings. The van der Waals surface area contributed by atoms with Crippen LogP contribution in [0.4, 0.5) is 34.1 Å². The lowest BCUT2D eigenvalue weighted by molar-refractivity contribution is 0.769. The molecule has 18 aromatic carbocycles. The highest BCUT2D eigenvalue weighted by Gasteiger charge is 2.53. The van der Waals surface area contributed by atoms with Gasteiger partial charge in [-0.2, -0.15) is 0 Å². The summed E-state index contributed by atoms with van der Waals surface area (Å²) in [4.78, 5) is 5.39. The van der Waals surface area contributed by atoms with E-state index in [1.165, 1.54) is 99.4 Å². The summed E-state index contributed by atoms with van der Waals surface area (Å²) < 4.78 is 2.43. The highest BCUT2D eigenvalue weighted by molar-refractivity contribution is 7.00. The quantitative estimate of drug-likeness (QED) is 0.113. The summed E-state index contributed by atoms with van der Waals surface area (Å²) in [5, 5.41) is 2.39. The SMILES string of the molecule is c1ccc(-c2cc(-c3ccccc3)cc(N3c4cc5c(cc4B4c6cc7c(cc6N(c6cc(-c8ccccc8)cc(-c8ccccc8)c6)c6cc(-c8ccc9c(c8)c8ccccc8n9-c8ccccc8)cc3c64)-c3ccccc3C7(c3ccccc3)c3ccccc3)C(c3ccccc3)(c3ccccc3)c3ccccc3-5)c2)cc1. The van der Waals surface area contributed by atoms with Gasteiger partial charge < -0.3 is 14.4 Å². The van der Waals surface area contributed by atoms with E-state index >= 15 is 0 Å². The van der Waals surface area contributed by atoms with Crippen LogP contribution in [-0.4, -0.2) is 11.3 Å². The highest BCUT2D eigenvalue weighted by Crippen LogP contribution is 2.61. The fourth-order valence-corrected chi connectivity index (χ4v) is 20.3. The summed E-state index contributed by atoms with van der Waals surface area (Å²) in [6.07, 6.45) is 0. The molecule has 3 heterocycles. The zero-order chi connectivity index (χ0) is 75.0. The van der Waals surface area contributed by atoms with Crippen LogP contribution in [0, 0.1) is 0 Å². The molecule has 0 N–H and O–H groups in total. The number of nitrogens with zero attached hydrogens (tertiary/aromatic N) is 3. The van der Waals surface area contributed by atoms with Gasteiger partial charge >= 0.3 is 0 Å². The van der Waals surface area contributed by atoms with Gasteiger partial charge in [-0.1, -0.05) is 346 Å². The van der Waals surface area contributed by atoms with Gasteiger partial charge in [0, 0.05) is 50.6 Å². The Bertz CT molecular complexity index is 6470. The number of aromatic nitrogens is 1. The van der Waals surface area contributed by atoms with Crippen molar-refractivity contribution in [3.63, 3.8) is 0 Å². The Balaban J connectivity index is 0.911. The van der Waals surface area contributed by atoms with E-state index in [9.17, 15) is 0 Å². The van der Waals surface area contributed by atoms with Crippen LogP contribution in [0.15, 0.2) is 437 Å². The summed E-state index contributed by atoms with van der Waals surface area (Å²) in [5.41, 5.74) is 38.4. The molecule has 0 fully saturated rings. The van der Waals surface area contributed by atoms with Crippen LogP contribution in [0.25, 0.3) is 105 Å². The van der Waals surface area contributed by atoms with Crippen LogP contribution < -0.4 is 26.2 Å². The summed E-state index contributed by atoms with van der Waals surface area (Å²) in [6, 6.07) is 166. The number of benzene rings is 18. The van der Waals surface area contributed by atoms with Crippen molar-refractivity contribution in [1.29, 1.82) is 0 Å². The Kier molecular flexibility index (Phi) is 14.9. The van der Waals surface area contributed by atoms with E-state index in [2.05, 4.69) is 451 Å². The topological polar surface area (TPSA) is 11.4 Å². The molecular formula is C110H72BN3. The predicted molar refractivity (Wildman–Crippen MR) is 477 cm³/mol. The lowest BCUT2D eigenvalue weighted by Crippen LogP contribution is -2.61. The van der Waals surface area contributed by atoms with Crippen LogP contribution in [0.2, 0.25) is 0 Å². The fourth-order valence-electron chi connectivity index (χ4n) is 20.3. The first-order valence-electron chi connectivity index (χ1n) is 39.7. The van der Waals surface area contributed by atoms with Gasteiger partial charge in [-0.25, -0.2) is 0 Å². The van der Waals surface area contributed by atoms with Crippen LogP contribution in [0.3, 0.4) is 0 Å². The molecule has 0 spiro atoms. The van der Waals surface area contributed by atoms with Crippen LogP contribution in [0.5, 0.6) is 0 Å². The molecule has 2 aliphatic heterocycles. The molecule has 2 aliphatic carbocycles. The highest BCUT2D eigenvalue weighted by atomic mass is 15.2. The molecule has 114 heavy (non-hydrogen) atoms. The third kappa shape index (κ3) is 9.84. The minimum atomic E-state index is -0.720. The third-order valence-electron chi connectivity index (χ3n) is 25.0. The summed E-state index contributed by atoms with van der Waals surface area (Å²) in [7, 11) is 0. The Labute approximate surface area is 664 Å². The van der Waals surface area contributed by atoms with Gasteiger partial charge in [-0.15, -0.1) is 0 Å². The van der Waals surface area contributed by atoms with Crippen LogP contribution >= 0.6 is 0 Å². The first-order chi connectivity index (χ1) is 56.5. The number of hydrogen-bond acceptors (Lipinski definition) is 2. The summed E-state index contributed by atoms with van der Waals surface area (Å²) in [6.45, 7) is -0.360. The van der Waals surface area contributed by atoms with Crippen molar-refractivity contribution in [2.75, 3.05) is 9.80 Å². The van der Waals surface area contributed by atoms with Crippen LogP contribution in [-0.2, 0) is 10.8 Å². The third-order valence-corrected chi connectivity index (χ3v) is 25.0. The molecule has 0 amide bonds. The number of hydrogen-bond donors (Lipinski definition) is 0. The van der Waals surface area contributed by atoms with E-state index in [4.69, 9.17) is 0 Å². The molecule has 0 radical (unpaired) electrons. The first kappa shape index (κ1) is 65.3. The standard InChI is InChI=1S/C110H72BN3/c1-10-34-73(35-11-1)78-60-79(74-36-12-2-13-37-74)63-88(62-78)113-104-69-93-90-52-28-31-55-96(90)109(83-42-18-5-19-43-83,84-44-20-6-21-45-84)98(93)71-100(104)111-101-72-99-94(91-53-29-32-56-97(91)110(99,85-46-22-7-23-47-85)86-48-24-8-25-49-86)70-105(101)114(89-64-80(75-38-14-3-15-39-75)61-81(65-89)76-40-16-4-17-41-76)107-68-82(67-106(113)108(107)111)77-58-59-103-95(66-77)92-54-30-33-57-102(92)112(103)87-50-26-9-27-51-87/h1-72H. The van der Waals surface area contributed by atoms with Crippen molar-refractivity contribution in [3.8, 4) is 83.6 Å². The van der Waals surface area contributed by atoms with Crippen molar-refractivity contribution in [3.05, 3.63) is 481 Å². The smallest absolute Gasteiger partial charge is 0.252 e. The number of rotatable bonds is 12. The van der Waals surface area contributed by atoms with E-state index in [-0.39, 0.29) is 6.71 Å². The number of fused-ring (bicyclic) bond motifs is 13. The van der Waals surface area contributed by atoms with Gasteiger partial charge in [0.05, 0.1) is 21.9 Å². The molecule has 4 aliphatic rings. The predicted octanol–water partition coefficient (Wildman–Crippen LogP) is 25.9. The number of para-hydroxylation sites is 2. The molecule has 0 unspecified atom stereocenters. The van der Waals surface area contributed by atoms with Crippen molar-refractivity contribution in [2.45, 2.75) is 10.8 Å². The molecule has 23 rings (SSSR count). The van der Waals surface area contributed by atoms with E-state index in [0.29, 0.717) is 0 Å². The van der Waals surface area contributed by atoms with Crippen molar-refractivity contribution in [1.82, 2.24) is 4.57 Å². The fraction of sp³-hybridized carbons (Fsp3) is 0.0182. The minimum absolute atomic E-state index is 0.360. The number of anilines is 6. The average molecular weight is 1450 g/mol. The maximum Gasteiger partial charge on any atom is 0.252 e. The average Bonchev–Trinajstić information content (AvgIpc) is 0.833. The zero-order valence-electron chi connectivity index (χ0n) is 62.5. The zero-order valence-corrected chi connectivity index (χ0v) is 62.5. The second-order valence-electron chi connectivity index (χ2n) is 30.9. The van der Waals surface area contributed by atoms with E-state index in [0.717, 1.165) is 101 Å². The van der Waals surface area contributed by atoms with Gasteiger partial charge in [0.2, 0.25) is 0 Å².